The van der Waals surface area contributed by atoms with Crippen molar-refractivity contribution in [3.8, 4) is 11.5 Å². The van der Waals surface area contributed by atoms with Gasteiger partial charge in [0.25, 0.3) is 0 Å². The minimum atomic E-state index is -4.42. The average Bonchev–Trinajstić information content (AvgIpc) is 2.46. The zero-order valence-corrected chi connectivity index (χ0v) is 11.1. The normalized spacial score (nSPS) is 12.3. The predicted octanol–water partition coefficient (Wildman–Crippen LogP) is 4.70. The first-order valence-electron chi connectivity index (χ1n) is 6.04. The molecule has 0 amide bonds. The molecule has 21 heavy (non-hydrogen) atoms. The molecule has 6 heteroatoms. The van der Waals surface area contributed by atoms with Crippen LogP contribution in [-0.4, -0.2) is 10.9 Å². The van der Waals surface area contributed by atoms with Gasteiger partial charge in [0.1, 0.15) is 11.5 Å². The monoisotopic (exact) mass is 295 g/mol. The van der Waals surface area contributed by atoms with Crippen LogP contribution in [0.5, 0.6) is 11.5 Å². The number of rotatable bonds is 3. The van der Waals surface area contributed by atoms with Gasteiger partial charge in [-0.25, -0.2) is 0 Å². The Hall–Kier alpha value is -2.50. The number of nitrogens with zero attached hydrogens (tertiary/aromatic N) is 1. The van der Waals surface area contributed by atoms with E-state index >= 15 is 0 Å². The largest absolute Gasteiger partial charge is 0.457 e. The van der Waals surface area contributed by atoms with E-state index < -0.39 is 11.7 Å². The third-order valence-corrected chi connectivity index (χ3v) is 2.80. The van der Waals surface area contributed by atoms with E-state index in [1.807, 2.05) is 0 Å². The number of alkyl halides is 3. The van der Waals surface area contributed by atoms with Gasteiger partial charge in [-0.15, -0.1) is 0 Å². The molecule has 3 nitrogen and oxygen atoms in total. The average molecular weight is 295 g/mol. The highest BCUT2D eigenvalue weighted by molar-refractivity contribution is 5.98. The molecule has 0 aromatic heterocycles. The Morgan fingerprint density at radius 1 is 1.05 bits per heavy atom. The van der Waals surface area contributed by atoms with Gasteiger partial charge in [0.05, 0.1) is 11.3 Å². The van der Waals surface area contributed by atoms with Crippen molar-refractivity contribution in [3.05, 3.63) is 59.7 Å². The topological polar surface area (TPSA) is 41.8 Å². The van der Waals surface area contributed by atoms with Crippen molar-refractivity contribution in [1.29, 1.82) is 0 Å². The van der Waals surface area contributed by atoms with E-state index in [4.69, 9.17) is 9.94 Å². The molecule has 0 saturated heterocycles. The molecule has 0 aliphatic carbocycles. The summed E-state index contributed by atoms with van der Waals surface area (Å²) in [6, 6.07) is 11.2. The Bertz CT molecular complexity index is 666. The molecular formula is C15H12F3NO2. The van der Waals surface area contributed by atoms with Gasteiger partial charge < -0.3 is 9.94 Å². The maximum absolute atomic E-state index is 12.6. The summed E-state index contributed by atoms with van der Waals surface area (Å²) in [5, 5.41) is 11.8. The summed E-state index contributed by atoms with van der Waals surface area (Å²) >= 11 is 0. The highest BCUT2D eigenvalue weighted by Gasteiger charge is 2.30. The van der Waals surface area contributed by atoms with Gasteiger partial charge in [0.2, 0.25) is 0 Å². The summed E-state index contributed by atoms with van der Waals surface area (Å²) in [4.78, 5) is 0. The van der Waals surface area contributed by atoms with Crippen molar-refractivity contribution in [3.63, 3.8) is 0 Å². The van der Waals surface area contributed by atoms with Crippen LogP contribution in [0.3, 0.4) is 0 Å². The number of oxime groups is 1. The number of halogens is 3. The van der Waals surface area contributed by atoms with Gasteiger partial charge in [-0.2, -0.15) is 13.2 Å². The lowest BCUT2D eigenvalue weighted by Crippen LogP contribution is -2.04. The number of benzene rings is 2. The van der Waals surface area contributed by atoms with Crippen LogP contribution in [0.4, 0.5) is 13.2 Å². The number of hydrogen-bond acceptors (Lipinski definition) is 3. The molecule has 0 atom stereocenters. The summed E-state index contributed by atoms with van der Waals surface area (Å²) in [6.45, 7) is 1.60. The van der Waals surface area contributed by atoms with E-state index in [-0.39, 0.29) is 5.75 Å². The van der Waals surface area contributed by atoms with Crippen molar-refractivity contribution in [1.82, 2.24) is 0 Å². The Morgan fingerprint density at radius 2 is 1.67 bits per heavy atom. The molecule has 2 aromatic rings. The Morgan fingerprint density at radius 3 is 2.29 bits per heavy atom. The standard InChI is InChI=1S/C15H12F3NO2/c1-10(19-20)11-4-2-6-13(8-11)21-14-7-3-5-12(9-14)15(16,17)18/h2-9,20H,1H3/b19-10+. The van der Waals surface area contributed by atoms with Crippen LogP contribution in [0.1, 0.15) is 18.1 Å². The smallest absolute Gasteiger partial charge is 0.416 e. The molecule has 0 aliphatic heterocycles. The molecule has 0 fully saturated rings. The molecule has 0 heterocycles. The molecule has 2 aromatic carbocycles. The molecule has 2 rings (SSSR count). The zero-order chi connectivity index (χ0) is 15.5. The summed E-state index contributed by atoms with van der Waals surface area (Å²) in [7, 11) is 0. The molecule has 0 saturated carbocycles. The fourth-order valence-corrected chi connectivity index (χ4v) is 1.71. The van der Waals surface area contributed by atoms with Gasteiger partial charge in [-0.1, -0.05) is 23.4 Å². The van der Waals surface area contributed by atoms with Crippen molar-refractivity contribution >= 4 is 5.71 Å². The maximum Gasteiger partial charge on any atom is 0.416 e. The predicted molar refractivity (Wildman–Crippen MR) is 72.0 cm³/mol. The summed E-state index contributed by atoms with van der Waals surface area (Å²) in [5.41, 5.74) is 0.218. The second kappa shape index (κ2) is 5.87. The second-order valence-electron chi connectivity index (χ2n) is 4.34. The minimum absolute atomic E-state index is 0.0839. The van der Waals surface area contributed by atoms with E-state index in [9.17, 15) is 13.2 Å². The van der Waals surface area contributed by atoms with Gasteiger partial charge in [0, 0.05) is 5.56 Å². The van der Waals surface area contributed by atoms with Crippen LogP contribution < -0.4 is 4.74 Å². The molecule has 110 valence electrons. The molecule has 1 N–H and O–H groups in total. The first-order valence-corrected chi connectivity index (χ1v) is 6.04. The first kappa shape index (κ1) is 14.9. The summed E-state index contributed by atoms with van der Waals surface area (Å²) in [6.07, 6.45) is -4.42. The highest BCUT2D eigenvalue weighted by atomic mass is 19.4. The van der Waals surface area contributed by atoms with Crippen molar-refractivity contribution < 1.29 is 23.1 Å². The zero-order valence-electron chi connectivity index (χ0n) is 11.1. The Balaban J connectivity index is 2.27. The Labute approximate surface area is 119 Å². The molecule has 0 aliphatic rings. The summed E-state index contributed by atoms with van der Waals surface area (Å²) < 4.78 is 43.3. The van der Waals surface area contributed by atoms with E-state index in [2.05, 4.69) is 5.16 Å². The minimum Gasteiger partial charge on any atom is -0.457 e. The fraction of sp³-hybridized carbons (Fsp3) is 0.133. The number of hydrogen-bond donors (Lipinski definition) is 1. The van der Waals surface area contributed by atoms with Crippen LogP contribution in [0.25, 0.3) is 0 Å². The van der Waals surface area contributed by atoms with Crippen molar-refractivity contribution in [2.45, 2.75) is 13.1 Å². The van der Waals surface area contributed by atoms with E-state index in [1.54, 1.807) is 31.2 Å². The van der Waals surface area contributed by atoms with E-state index in [0.717, 1.165) is 12.1 Å². The number of ether oxygens (including phenoxy) is 1. The SMILES string of the molecule is C/C(=N\O)c1cccc(Oc2cccc(C(F)(F)F)c2)c1. The van der Waals surface area contributed by atoms with Gasteiger partial charge in [0.15, 0.2) is 0 Å². The van der Waals surface area contributed by atoms with Gasteiger partial charge in [-0.3, -0.25) is 0 Å². The van der Waals surface area contributed by atoms with Crippen molar-refractivity contribution in [2.75, 3.05) is 0 Å². The third kappa shape index (κ3) is 3.75. The molecule has 0 unspecified atom stereocenters. The lowest BCUT2D eigenvalue weighted by molar-refractivity contribution is -0.137. The van der Waals surface area contributed by atoms with E-state index in [0.29, 0.717) is 17.0 Å². The quantitative estimate of drug-likeness (QED) is 0.507. The molecular weight excluding hydrogens is 283 g/mol. The van der Waals surface area contributed by atoms with Gasteiger partial charge >= 0.3 is 6.18 Å². The lowest BCUT2D eigenvalue weighted by Gasteiger charge is -2.10. The maximum atomic E-state index is 12.6. The van der Waals surface area contributed by atoms with Crippen LogP contribution >= 0.6 is 0 Å². The Kier molecular flexibility index (Phi) is 4.16. The lowest BCUT2D eigenvalue weighted by atomic mass is 10.1. The van der Waals surface area contributed by atoms with Crippen LogP contribution in [0.2, 0.25) is 0 Å². The summed E-state index contributed by atoms with van der Waals surface area (Å²) in [5.74, 6) is 0.440. The van der Waals surface area contributed by atoms with E-state index in [1.165, 1.54) is 12.1 Å². The van der Waals surface area contributed by atoms with Crippen LogP contribution in [-0.2, 0) is 6.18 Å². The fourth-order valence-electron chi connectivity index (χ4n) is 1.71. The van der Waals surface area contributed by atoms with Gasteiger partial charge in [-0.05, 0) is 37.3 Å². The van der Waals surface area contributed by atoms with Crippen LogP contribution in [0, 0.1) is 0 Å². The highest BCUT2D eigenvalue weighted by Crippen LogP contribution is 2.32. The van der Waals surface area contributed by atoms with Crippen molar-refractivity contribution in [2.24, 2.45) is 5.16 Å². The van der Waals surface area contributed by atoms with Crippen LogP contribution in [0.15, 0.2) is 53.7 Å². The molecule has 0 spiro atoms. The second-order valence-corrected chi connectivity index (χ2v) is 4.34. The molecule has 0 bridgehead atoms. The molecule has 0 radical (unpaired) electrons. The first-order chi connectivity index (χ1) is 9.90. The third-order valence-electron chi connectivity index (χ3n) is 2.80.